The first kappa shape index (κ1) is 13.5. The fourth-order valence-electron chi connectivity index (χ4n) is 3.34. The maximum atomic E-state index is 5.59. The van der Waals surface area contributed by atoms with Crippen LogP contribution in [0.25, 0.3) is 0 Å². The summed E-state index contributed by atoms with van der Waals surface area (Å²) >= 11 is 1.76. The Hall–Kier alpha value is -0.490. The number of rotatable bonds is 4. The van der Waals surface area contributed by atoms with E-state index in [1.165, 1.54) is 43.2 Å². The van der Waals surface area contributed by atoms with Crippen molar-refractivity contribution in [3.05, 3.63) is 16.1 Å². The van der Waals surface area contributed by atoms with E-state index in [0.717, 1.165) is 19.0 Å². The smallest absolute Gasteiger partial charge is 0.0941 e. The van der Waals surface area contributed by atoms with Crippen molar-refractivity contribution in [2.45, 2.75) is 44.8 Å². The van der Waals surface area contributed by atoms with Crippen molar-refractivity contribution in [3.8, 4) is 0 Å². The number of fused-ring (bicyclic) bond motifs is 1. The lowest BCUT2D eigenvalue weighted by Crippen LogP contribution is -2.54. The lowest BCUT2D eigenvalue weighted by Gasteiger charge is -2.42. The van der Waals surface area contributed by atoms with Gasteiger partial charge in [-0.15, -0.1) is 11.3 Å². The van der Waals surface area contributed by atoms with Crippen LogP contribution in [-0.4, -0.2) is 53.0 Å². The van der Waals surface area contributed by atoms with Gasteiger partial charge in [-0.05, 0) is 32.9 Å². The molecule has 0 radical (unpaired) electrons. The number of hydrogen-bond donors (Lipinski definition) is 1. The lowest BCUT2D eigenvalue weighted by atomic mass is 10.1. The van der Waals surface area contributed by atoms with Gasteiger partial charge in [-0.3, -0.25) is 9.80 Å². The normalized spacial score (nSPS) is 28.7. The Morgan fingerprint density at radius 2 is 2.37 bits per heavy atom. The van der Waals surface area contributed by atoms with Crippen LogP contribution in [0.4, 0.5) is 0 Å². The first-order valence-electron chi connectivity index (χ1n) is 7.37. The van der Waals surface area contributed by atoms with Crippen LogP contribution < -0.4 is 5.73 Å². The minimum absolute atomic E-state index is 0.647. The Bertz CT molecular complexity index is 419. The molecule has 2 fully saturated rings. The molecule has 0 saturated carbocycles. The predicted molar refractivity (Wildman–Crippen MR) is 79.3 cm³/mol. The van der Waals surface area contributed by atoms with Gasteiger partial charge in [-0.2, -0.15) is 0 Å². The molecular weight excluding hydrogens is 256 g/mol. The first-order chi connectivity index (χ1) is 9.26. The van der Waals surface area contributed by atoms with Crippen molar-refractivity contribution >= 4 is 11.3 Å². The number of aromatic nitrogens is 1. The summed E-state index contributed by atoms with van der Waals surface area (Å²) < 4.78 is 0. The van der Waals surface area contributed by atoms with E-state index in [2.05, 4.69) is 22.1 Å². The van der Waals surface area contributed by atoms with E-state index in [9.17, 15) is 0 Å². The average molecular weight is 280 g/mol. The van der Waals surface area contributed by atoms with Crippen LogP contribution in [0.5, 0.6) is 0 Å². The summed E-state index contributed by atoms with van der Waals surface area (Å²) in [6, 6.07) is 1.44. The third kappa shape index (κ3) is 2.99. The van der Waals surface area contributed by atoms with Crippen LogP contribution in [0.1, 0.15) is 30.5 Å². The van der Waals surface area contributed by atoms with Gasteiger partial charge in [0.15, 0.2) is 0 Å². The summed E-state index contributed by atoms with van der Waals surface area (Å²) in [6.45, 7) is 7.80. The van der Waals surface area contributed by atoms with Gasteiger partial charge in [0.2, 0.25) is 0 Å². The van der Waals surface area contributed by atoms with Crippen LogP contribution in [0.3, 0.4) is 0 Å². The fourth-order valence-corrected chi connectivity index (χ4v) is 4.14. The molecule has 4 nitrogen and oxygen atoms in total. The summed E-state index contributed by atoms with van der Waals surface area (Å²) in [6.07, 6.45) is 3.66. The zero-order chi connectivity index (χ0) is 13.2. The SMILES string of the molecule is CC1CN2CCCC2CN1Cc1csc(CCN)n1. The molecule has 0 aliphatic carbocycles. The molecule has 5 heteroatoms. The molecule has 2 aliphatic rings. The van der Waals surface area contributed by atoms with E-state index < -0.39 is 0 Å². The minimum atomic E-state index is 0.647. The number of nitrogens with two attached hydrogens (primary N) is 1. The molecule has 19 heavy (non-hydrogen) atoms. The molecule has 3 heterocycles. The van der Waals surface area contributed by atoms with Crippen molar-refractivity contribution in [1.82, 2.24) is 14.8 Å². The summed E-state index contributed by atoms with van der Waals surface area (Å²) in [7, 11) is 0. The molecule has 106 valence electrons. The second-order valence-corrected chi connectivity index (χ2v) is 6.78. The molecule has 2 aliphatic heterocycles. The topological polar surface area (TPSA) is 45.4 Å². The molecule has 0 amide bonds. The third-order valence-electron chi connectivity index (χ3n) is 4.39. The van der Waals surface area contributed by atoms with Gasteiger partial charge in [0, 0.05) is 43.5 Å². The molecule has 2 atom stereocenters. The van der Waals surface area contributed by atoms with E-state index in [1.807, 2.05) is 0 Å². The van der Waals surface area contributed by atoms with Crippen molar-refractivity contribution in [2.24, 2.45) is 5.73 Å². The van der Waals surface area contributed by atoms with Crippen molar-refractivity contribution in [1.29, 1.82) is 0 Å². The van der Waals surface area contributed by atoms with Gasteiger partial charge in [-0.25, -0.2) is 4.98 Å². The second-order valence-electron chi connectivity index (χ2n) is 5.84. The largest absolute Gasteiger partial charge is 0.330 e. The van der Waals surface area contributed by atoms with Gasteiger partial charge in [-0.1, -0.05) is 0 Å². The van der Waals surface area contributed by atoms with Crippen LogP contribution in [0.2, 0.25) is 0 Å². The molecule has 0 bridgehead atoms. The Morgan fingerprint density at radius 3 is 3.21 bits per heavy atom. The zero-order valence-corrected chi connectivity index (χ0v) is 12.5. The molecule has 1 aromatic heterocycles. The molecule has 2 unspecified atom stereocenters. The van der Waals surface area contributed by atoms with Crippen molar-refractivity contribution < 1.29 is 0 Å². The summed E-state index contributed by atoms with van der Waals surface area (Å²) in [5, 5.41) is 3.39. The highest BCUT2D eigenvalue weighted by molar-refractivity contribution is 7.09. The molecule has 0 aromatic carbocycles. The Kier molecular flexibility index (Phi) is 4.17. The maximum Gasteiger partial charge on any atom is 0.0941 e. The molecular formula is C14H24N4S. The van der Waals surface area contributed by atoms with E-state index in [-0.39, 0.29) is 0 Å². The van der Waals surface area contributed by atoms with E-state index in [0.29, 0.717) is 12.6 Å². The maximum absolute atomic E-state index is 5.59. The number of piperazine rings is 1. The van der Waals surface area contributed by atoms with Gasteiger partial charge in [0.05, 0.1) is 10.7 Å². The lowest BCUT2D eigenvalue weighted by molar-refractivity contribution is 0.0533. The average Bonchev–Trinajstić information content (AvgIpc) is 2.99. The quantitative estimate of drug-likeness (QED) is 0.903. The highest BCUT2D eigenvalue weighted by Gasteiger charge is 2.34. The van der Waals surface area contributed by atoms with Gasteiger partial charge < -0.3 is 5.73 Å². The first-order valence-corrected chi connectivity index (χ1v) is 8.25. The second kappa shape index (κ2) is 5.87. The highest BCUT2D eigenvalue weighted by Crippen LogP contribution is 2.25. The van der Waals surface area contributed by atoms with E-state index >= 15 is 0 Å². The van der Waals surface area contributed by atoms with Gasteiger partial charge in [0.1, 0.15) is 0 Å². The van der Waals surface area contributed by atoms with Crippen molar-refractivity contribution in [2.75, 3.05) is 26.2 Å². The van der Waals surface area contributed by atoms with Crippen LogP contribution in [-0.2, 0) is 13.0 Å². The highest BCUT2D eigenvalue weighted by atomic mass is 32.1. The van der Waals surface area contributed by atoms with E-state index in [1.54, 1.807) is 11.3 Å². The molecule has 2 N–H and O–H groups in total. The Morgan fingerprint density at radius 1 is 1.47 bits per heavy atom. The number of thiazole rings is 1. The van der Waals surface area contributed by atoms with Gasteiger partial charge >= 0.3 is 0 Å². The summed E-state index contributed by atoms with van der Waals surface area (Å²) in [5.41, 5.74) is 6.81. The van der Waals surface area contributed by atoms with E-state index in [4.69, 9.17) is 10.7 Å². The van der Waals surface area contributed by atoms with Crippen LogP contribution >= 0.6 is 11.3 Å². The minimum Gasteiger partial charge on any atom is -0.330 e. The van der Waals surface area contributed by atoms with Crippen molar-refractivity contribution in [3.63, 3.8) is 0 Å². The van der Waals surface area contributed by atoms with Crippen LogP contribution in [0.15, 0.2) is 5.38 Å². The molecule has 0 spiro atoms. The molecule has 3 rings (SSSR count). The van der Waals surface area contributed by atoms with Crippen LogP contribution in [0, 0.1) is 0 Å². The molecule has 2 saturated heterocycles. The summed E-state index contributed by atoms with van der Waals surface area (Å²) in [5.74, 6) is 0. The Labute approximate surface area is 119 Å². The number of hydrogen-bond acceptors (Lipinski definition) is 5. The number of nitrogens with zero attached hydrogens (tertiary/aromatic N) is 3. The Balaban J connectivity index is 1.61. The third-order valence-corrected chi connectivity index (χ3v) is 5.35. The van der Waals surface area contributed by atoms with Gasteiger partial charge in [0.25, 0.3) is 0 Å². The fraction of sp³-hybridized carbons (Fsp3) is 0.786. The monoisotopic (exact) mass is 280 g/mol. The molecule has 1 aromatic rings. The predicted octanol–water partition coefficient (Wildman–Crippen LogP) is 1.31. The zero-order valence-electron chi connectivity index (χ0n) is 11.7. The summed E-state index contributed by atoms with van der Waals surface area (Å²) in [4.78, 5) is 9.97. The standard InChI is InChI=1S/C14H24N4S/c1-11-7-17-6-2-3-13(17)9-18(11)8-12-10-19-14(16-12)4-5-15/h10-11,13H,2-9,15H2,1H3.